The Morgan fingerprint density at radius 2 is 1.95 bits per heavy atom. The Kier molecular flexibility index (Phi) is 3.66. The van der Waals surface area contributed by atoms with Gasteiger partial charge in [0.1, 0.15) is 0 Å². The van der Waals surface area contributed by atoms with Gasteiger partial charge in [-0.2, -0.15) is 4.98 Å². The molecule has 0 amide bonds. The first-order chi connectivity index (χ1) is 10.3. The van der Waals surface area contributed by atoms with Crippen LogP contribution in [0.4, 0.5) is 0 Å². The molecule has 5 heteroatoms. The third kappa shape index (κ3) is 2.78. The highest BCUT2D eigenvalue weighted by molar-refractivity contribution is 5.77. The largest absolute Gasteiger partial charge is 0.493 e. The van der Waals surface area contributed by atoms with Crippen molar-refractivity contribution < 1.29 is 9.47 Å². The third-order valence-electron chi connectivity index (χ3n) is 3.13. The summed E-state index contributed by atoms with van der Waals surface area (Å²) >= 11 is 0. The van der Waals surface area contributed by atoms with Crippen molar-refractivity contribution >= 4 is 10.9 Å². The maximum atomic E-state index is 5.72. The molecule has 0 saturated heterocycles. The highest BCUT2D eigenvalue weighted by atomic mass is 16.5. The standard InChI is InChI=1S/C16H15N3O2/c1-20-15-8-11(9-17)6-7-14(15)21-16-18-10-12-4-2-3-5-13(12)19-16/h2-8,10H,9,17H2,1H3. The second-order valence-corrected chi connectivity index (χ2v) is 4.50. The molecule has 0 unspecified atom stereocenters. The fourth-order valence-corrected chi connectivity index (χ4v) is 2.03. The number of hydrogen-bond donors (Lipinski definition) is 1. The van der Waals surface area contributed by atoms with Crippen LogP contribution in [0, 0.1) is 0 Å². The van der Waals surface area contributed by atoms with Crippen molar-refractivity contribution in [3.8, 4) is 17.5 Å². The average molecular weight is 281 g/mol. The van der Waals surface area contributed by atoms with E-state index in [4.69, 9.17) is 15.2 Å². The quantitative estimate of drug-likeness (QED) is 0.796. The summed E-state index contributed by atoms with van der Waals surface area (Å²) in [6.07, 6.45) is 1.73. The second-order valence-electron chi connectivity index (χ2n) is 4.50. The maximum absolute atomic E-state index is 5.72. The van der Waals surface area contributed by atoms with E-state index in [1.165, 1.54) is 0 Å². The summed E-state index contributed by atoms with van der Waals surface area (Å²) in [6, 6.07) is 13.6. The first kappa shape index (κ1) is 13.3. The number of para-hydroxylation sites is 1. The monoisotopic (exact) mass is 281 g/mol. The van der Waals surface area contributed by atoms with Gasteiger partial charge in [0.05, 0.1) is 12.6 Å². The molecule has 21 heavy (non-hydrogen) atoms. The predicted octanol–water partition coefficient (Wildman–Crippen LogP) is 2.89. The first-order valence-electron chi connectivity index (χ1n) is 6.57. The minimum Gasteiger partial charge on any atom is -0.493 e. The van der Waals surface area contributed by atoms with Gasteiger partial charge in [0, 0.05) is 18.1 Å². The Balaban J connectivity index is 1.94. The Morgan fingerprint density at radius 1 is 1.10 bits per heavy atom. The molecule has 0 atom stereocenters. The van der Waals surface area contributed by atoms with E-state index >= 15 is 0 Å². The van der Waals surface area contributed by atoms with Gasteiger partial charge in [0.15, 0.2) is 11.5 Å². The van der Waals surface area contributed by atoms with Crippen LogP contribution in [0.2, 0.25) is 0 Å². The number of ether oxygens (including phenoxy) is 2. The summed E-state index contributed by atoms with van der Waals surface area (Å²) < 4.78 is 11.0. The summed E-state index contributed by atoms with van der Waals surface area (Å²) in [5.41, 5.74) is 7.42. The van der Waals surface area contributed by atoms with Crippen molar-refractivity contribution in [2.75, 3.05) is 7.11 Å². The van der Waals surface area contributed by atoms with Crippen LogP contribution in [-0.2, 0) is 6.54 Å². The number of hydrogen-bond acceptors (Lipinski definition) is 5. The Hall–Kier alpha value is -2.66. The van der Waals surface area contributed by atoms with Gasteiger partial charge in [0.2, 0.25) is 0 Å². The molecule has 0 fully saturated rings. The molecule has 0 radical (unpaired) electrons. The van der Waals surface area contributed by atoms with Crippen LogP contribution < -0.4 is 15.2 Å². The lowest BCUT2D eigenvalue weighted by Crippen LogP contribution is -1.99. The molecule has 0 aliphatic carbocycles. The van der Waals surface area contributed by atoms with E-state index in [1.807, 2.05) is 36.4 Å². The van der Waals surface area contributed by atoms with Crippen LogP contribution in [0.1, 0.15) is 5.56 Å². The lowest BCUT2D eigenvalue weighted by molar-refractivity contribution is 0.368. The zero-order valence-electron chi connectivity index (χ0n) is 11.6. The average Bonchev–Trinajstić information content (AvgIpc) is 2.55. The lowest BCUT2D eigenvalue weighted by atomic mass is 10.2. The van der Waals surface area contributed by atoms with Crippen LogP contribution >= 0.6 is 0 Å². The maximum Gasteiger partial charge on any atom is 0.322 e. The van der Waals surface area contributed by atoms with Gasteiger partial charge in [0.25, 0.3) is 0 Å². The number of fused-ring (bicyclic) bond motifs is 1. The van der Waals surface area contributed by atoms with E-state index in [1.54, 1.807) is 19.4 Å². The number of aromatic nitrogens is 2. The molecule has 1 aromatic heterocycles. The van der Waals surface area contributed by atoms with E-state index < -0.39 is 0 Å². The molecule has 0 aliphatic rings. The number of nitrogens with two attached hydrogens (primary N) is 1. The molecule has 106 valence electrons. The first-order valence-corrected chi connectivity index (χ1v) is 6.57. The fraction of sp³-hybridized carbons (Fsp3) is 0.125. The van der Waals surface area contributed by atoms with Crippen LogP contribution in [0.15, 0.2) is 48.7 Å². The summed E-state index contributed by atoms with van der Waals surface area (Å²) in [5, 5.41) is 0.968. The molecular formula is C16H15N3O2. The van der Waals surface area contributed by atoms with Gasteiger partial charge in [-0.3, -0.25) is 0 Å². The molecule has 3 rings (SSSR count). The van der Waals surface area contributed by atoms with Gasteiger partial charge in [-0.25, -0.2) is 4.98 Å². The molecule has 0 saturated carbocycles. The van der Waals surface area contributed by atoms with Crippen LogP contribution in [-0.4, -0.2) is 17.1 Å². The van der Waals surface area contributed by atoms with Crippen molar-refractivity contribution in [3.63, 3.8) is 0 Å². The van der Waals surface area contributed by atoms with Gasteiger partial charge < -0.3 is 15.2 Å². The smallest absolute Gasteiger partial charge is 0.322 e. The summed E-state index contributed by atoms with van der Waals surface area (Å²) in [4.78, 5) is 8.58. The fourth-order valence-electron chi connectivity index (χ4n) is 2.03. The SMILES string of the molecule is COc1cc(CN)ccc1Oc1ncc2ccccc2n1. The van der Waals surface area contributed by atoms with Gasteiger partial charge in [-0.05, 0) is 23.8 Å². The zero-order valence-corrected chi connectivity index (χ0v) is 11.6. The number of methoxy groups -OCH3 is 1. The Morgan fingerprint density at radius 3 is 2.76 bits per heavy atom. The van der Waals surface area contributed by atoms with E-state index in [0.29, 0.717) is 18.0 Å². The zero-order chi connectivity index (χ0) is 14.7. The molecule has 0 spiro atoms. The third-order valence-corrected chi connectivity index (χ3v) is 3.13. The van der Waals surface area contributed by atoms with E-state index in [2.05, 4.69) is 9.97 Å². The summed E-state index contributed by atoms with van der Waals surface area (Å²) in [7, 11) is 1.59. The van der Waals surface area contributed by atoms with Crippen LogP contribution in [0.3, 0.4) is 0 Å². The van der Waals surface area contributed by atoms with Crippen molar-refractivity contribution in [2.45, 2.75) is 6.54 Å². The van der Waals surface area contributed by atoms with Crippen molar-refractivity contribution in [3.05, 3.63) is 54.2 Å². The van der Waals surface area contributed by atoms with Gasteiger partial charge >= 0.3 is 6.01 Å². The van der Waals surface area contributed by atoms with Crippen molar-refractivity contribution in [1.82, 2.24) is 9.97 Å². The predicted molar refractivity (Wildman–Crippen MR) is 80.5 cm³/mol. The van der Waals surface area contributed by atoms with Crippen molar-refractivity contribution in [1.29, 1.82) is 0 Å². The molecule has 2 N–H and O–H groups in total. The van der Waals surface area contributed by atoms with Crippen LogP contribution in [0.25, 0.3) is 10.9 Å². The van der Waals surface area contributed by atoms with Gasteiger partial charge in [-0.15, -0.1) is 0 Å². The second kappa shape index (κ2) is 5.76. The Labute approximate surface area is 122 Å². The minimum atomic E-state index is 0.285. The molecule has 0 aliphatic heterocycles. The number of nitrogens with zero attached hydrogens (tertiary/aromatic N) is 2. The number of rotatable bonds is 4. The highest BCUT2D eigenvalue weighted by Gasteiger charge is 2.09. The molecule has 0 bridgehead atoms. The lowest BCUT2D eigenvalue weighted by Gasteiger charge is -2.10. The molecule has 2 aromatic carbocycles. The Bertz CT molecular complexity index is 774. The number of benzene rings is 2. The van der Waals surface area contributed by atoms with E-state index in [9.17, 15) is 0 Å². The summed E-state index contributed by atoms with van der Waals surface area (Å²) in [6.45, 7) is 0.448. The molecule has 5 nitrogen and oxygen atoms in total. The van der Waals surface area contributed by atoms with E-state index in [0.717, 1.165) is 16.5 Å². The van der Waals surface area contributed by atoms with Crippen molar-refractivity contribution in [2.24, 2.45) is 5.73 Å². The molecule has 1 heterocycles. The van der Waals surface area contributed by atoms with Gasteiger partial charge in [-0.1, -0.05) is 24.3 Å². The van der Waals surface area contributed by atoms with E-state index in [-0.39, 0.29) is 6.01 Å². The summed E-state index contributed by atoms with van der Waals surface area (Å²) in [5.74, 6) is 1.17. The minimum absolute atomic E-state index is 0.285. The molecule has 3 aromatic rings. The van der Waals surface area contributed by atoms with Crippen LogP contribution in [0.5, 0.6) is 17.5 Å². The highest BCUT2D eigenvalue weighted by Crippen LogP contribution is 2.31. The molecular weight excluding hydrogens is 266 g/mol. The normalized spacial score (nSPS) is 10.6. The topological polar surface area (TPSA) is 70.3 Å².